The molecule has 1 aliphatic heterocycles. The van der Waals surface area contributed by atoms with Crippen LogP contribution in [0.1, 0.15) is 21.9 Å². The number of rotatable bonds is 2. The zero-order chi connectivity index (χ0) is 19.1. The first kappa shape index (κ1) is 16.4. The molecule has 0 unspecified atom stereocenters. The topological polar surface area (TPSA) is 96.8 Å². The summed E-state index contributed by atoms with van der Waals surface area (Å²) in [6.07, 6.45) is 0.643. The first-order chi connectivity index (χ1) is 13.7. The Kier molecular flexibility index (Phi) is 3.75. The number of carbonyl (C=O) groups excluding carboxylic acids is 1. The molecule has 0 spiro atoms. The molecule has 0 aliphatic carbocycles. The molecule has 0 atom stereocenters. The van der Waals surface area contributed by atoms with Crippen molar-refractivity contribution in [1.29, 1.82) is 0 Å². The van der Waals surface area contributed by atoms with E-state index in [-0.39, 0.29) is 17.2 Å². The predicted molar refractivity (Wildman–Crippen MR) is 102 cm³/mol. The van der Waals surface area contributed by atoms with Crippen LogP contribution in [-0.2, 0) is 13.0 Å². The molecule has 0 saturated carbocycles. The second kappa shape index (κ2) is 6.41. The number of H-pyrrole nitrogens is 1. The van der Waals surface area contributed by atoms with Crippen molar-refractivity contribution < 1.29 is 4.79 Å². The van der Waals surface area contributed by atoms with Crippen LogP contribution in [0.25, 0.3) is 16.5 Å². The molecule has 0 bridgehead atoms. The highest BCUT2D eigenvalue weighted by atomic mass is 16.2. The Morgan fingerprint density at radius 3 is 2.57 bits per heavy atom. The minimum Gasteiger partial charge on any atom is -0.331 e. The summed E-state index contributed by atoms with van der Waals surface area (Å²) in [5, 5.41) is 16.0. The molecule has 1 N–H and O–H groups in total. The lowest BCUT2D eigenvalue weighted by molar-refractivity contribution is 0.0726. The highest BCUT2D eigenvalue weighted by molar-refractivity contribution is 6.04. The van der Waals surface area contributed by atoms with Gasteiger partial charge in [-0.25, -0.2) is 9.78 Å². The van der Waals surface area contributed by atoms with Gasteiger partial charge in [0.05, 0.1) is 23.3 Å². The van der Waals surface area contributed by atoms with Crippen LogP contribution in [0.4, 0.5) is 0 Å². The summed E-state index contributed by atoms with van der Waals surface area (Å²) in [5.41, 5.74) is 2.67. The van der Waals surface area contributed by atoms with Gasteiger partial charge in [-0.3, -0.25) is 9.59 Å². The number of para-hydroxylation sites is 1. The minimum absolute atomic E-state index is 0.229. The maximum atomic E-state index is 13.1. The van der Waals surface area contributed by atoms with Gasteiger partial charge in [-0.15, -0.1) is 5.10 Å². The van der Waals surface area contributed by atoms with E-state index in [0.717, 1.165) is 17.1 Å². The van der Waals surface area contributed by atoms with E-state index in [4.69, 9.17) is 0 Å². The second-order valence-electron chi connectivity index (χ2n) is 6.65. The van der Waals surface area contributed by atoms with E-state index in [1.54, 1.807) is 29.2 Å². The number of fused-ring (bicyclic) bond motifs is 2. The van der Waals surface area contributed by atoms with E-state index in [9.17, 15) is 9.59 Å². The molecule has 1 amide bonds. The third-order valence-corrected chi connectivity index (χ3v) is 4.99. The number of carbonyl (C=O) groups is 1. The van der Waals surface area contributed by atoms with Crippen molar-refractivity contribution in [3.63, 3.8) is 0 Å². The largest absolute Gasteiger partial charge is 0.331 e. The molecule has 0 radical (unpaired) electrons. The number of aromatic amines is 1. The highest BCUT2D eigenvalue weighted by Crippen LogP contribution is 2.22. The Bertz CT molecular complexity index is 1240. The molecular formula is C20H16N6O2. The first-order valence-corrected chi connectivity index (χ1v) is 8.98. The number of aromatic nitrogens is 5. The Labute approximate surface area is 159 Å². The smallest absolute Gasteiger partial charge is 0.275 e. The first-order valence-electron chi connectivity index (χ1n) is 8.98. The number of amides is 1. The zero-order valence-corrected chi connectivity index (χ0v) is 14.9. The van der Waals surface area contributed by atoms with Crippen molar-refractivity contribution in [1.82, 2.24) is 30.1 Å². The molecule has 5 rings (SSSR count). The van der Waals surface area contributed by atoms with Crippen LogP contribution in [-0.4, -0.2) is 42.5 Å². The quantitative estimate of drug-likeness (QED) is 0.578. The Morgan fingerprint density at radius 2 is 1.75 bits per heavy atom. The van der Waals surface area contributed by atoms with E-state index in [0.29, 0.717) is 30.3 Å². The highest BCUT2D eigenvalue weighted by Gasteiger charge is 2.28. The standard InChI is InChI=1S/C20H16N6O2/c27-19-15-9-5-4-8-14(15)18(22-23-19)20(28)25-11-10-17-16(12-25)21-24-26(17)13-6-2-1-3-7-13/h1-9H,10-12H2,(H,23,27). The van der Waals surface area contributed by atoms with Crippen molar-refractivity contribution in [3.8, 4) is 5.69 Å². The summed E-state index contributed by atoms with van der Waals surface area (Å²) >= 11 is 0. The van der Waals surface area contributed by atoms with Crippen molar-refractivity contribution in [3.05, 3.63) is 82.0 Å². The van der Waals surface area contributed by atoms with Crippen LogP contribution in [0.2, 0.25) is 0 Å². The molecule has 3 heterocycles. The summed E-state index contributed by atoms with van der Waals surface area (Å²) in [6, 6.07) is 16.8. The average molecular weight is 372 g/mol. The van der Waals surface area contributed by atoms with Gasteiger partial charge in [0, 0.05) is 18.4 Å². The van der Waals surface area contributed by atoms with Crippen LogP contribution in [0.5, 0.6) is 0 Å². The number of hydrogen-bond donors (Lipinski definition) is 1. The Hall–Kier alpha value is -3.81. The van der Waals surface area contributed by atoms with Crippen molar-refractivity contribution in [2.75, 3.05) is 6.54 Å². The normalized spacial score (nSPS) is 13.5. The molecule has 138 valence electrons. The maximum Gasteiger partial charge on any atom is 0.275 e. The van der Waals surface area contributed by atoms with Gasteiger partial charge in [0.25, 0.3) is 11.5 Å². The van der Waals surface area contributed by atoms with Crippen LogP contribution in [0.3, 0.4) is 0 Å². The summed E-state index contributed by atoms with van der Waals surface area (Å²) in [5.74, 6) is -0.229. The summed E-state index contributed by atoms with van der Waals surface area (Å²) in [6.45, 7) is 0.886. The molecule has 0 saturated heterocycles. The number of benzene rings is 2. The maximum absolute atomic E-state index is 13.1. The van der Waals surface area contributed by atoms with Gasteiger partial charge in [0.1, 0.15) is 5.69 Å². The molecule has 4 aromatic rings. The van der Waals surface area contributed by atoms with E-state index >= 15 is 0 Å². The van der Waals surface area contributed by atoms with E-state index < -0.39 is 0 Å². The van der Waals surface area contributed by atoms with Crippen molar-refractivity contribution in [2.45, 2.75) is 13.0 Å². The lowest BCUT2D eigenvalue weighted by Gasteiger charge is -2.26. The van der Waals surface area contributed by atoms with Gasteiger partial charge in [-0.05, 0) is 18.2 Å². The minimum atomic E-state index is -0.307. The van der Waals surface area contributed by atoms with Gasteiger partial charge in [0.15, 0.2) is 5.69 Å². The summed E-state index contributed by atoms with van der Waals surface area (Å²) in [7, 11) is 0. The van der Waals surface area contributed by atoms with Gasteiger partial charge in [-0.1, -0.05) is 41.6 Å². The van der Waals surface area contributed by atoms with Crippen molar-refractivity contribution >= 4 is 16.7 Å². The van der Waals surface area contributed by atoms with Crippen LogP contribution in [0, 0.1) is 0 Å². The van der Waals surface area contributed by atoms with E-state index in [2.05, 4.69) is 20.5 Å². The molecule has 1 aliphatic rings. The fourth-order valence-corrected chi connectivity index (χ4v) is 3.58. The zero-order valence-electron chi connectivity index (χ0n) is 14.9. The van der Waals surface area contributed by atoms with E-state index in [1.165, 1.54) is 0 Å². The van der Waals surface area contributed by atoms with Crippen LogP contribution in [0.15, 0.2) is 59.4 Å². The van der Waals surface area contributed by atoms with Crippen molar-refractivity contribution in [2.24, 2.45) is 0 Å². The fourth-order valence-electron chi connectivity index (χ4n) is 3.58. The third-order valence-electron chi connectivity index (χ3n) is 4.99. The van der Waals surface area contributed by atoms with Crippen LogP contribution < -0.4 is 5.56 Å². The lowest BCUT2D eigenvalue weighted by atomic mass is 10.1. The SMILES string of the molecule is O=C(c1n[nH]c(=O)c2ccccc12)N1CCc2c(nnn2-c2ccccc2)C1. The molecule has 2 aromatic heterocycles. The monoisotopic (exact) mass is 372 g/mol. The molecule has 2 aromatic carbocycles. The molecule has 8 nitrogen and oxygen atoms in total. The van der Waals surface area contributed by atoms with Crippen LogP contribution >= 0.6 is 0 Å². The van der Waals surface area contributed by atoms with Gasteiger partial charge in [0.2, 0.25) is 0 Å². The van der Waals surface area contributed by atoms with Gasteiger partial charge >= 0.3 is 0 Å². The summed E-state index contributed by atoms with van der Waals surface area (Å²) in [4.78, 5) is 26.8. The molecule has 8 heteroatoms. The Balaban J connectivity index is 1.48. The molecule has 28 heavy (non-hydrogen) atoms. The summed E-state index contributed by atoms with van der Waals surface area (Å²) < 4.78 is 1.82. The van der Waals surface area contributed by atoms with Gasteiger partial charge in [-0.2, -0.15) is 5.10 Å². The third kappa shape index (κ3) is 2.58. The fraction of sp³-hybridized carbons (Fsp3) is 0.150. The Morgan fingerprint density at radius 1 is 1.00 bits per heavy atom. The predicted octanol–water partition coefficient (Wildman–Crippen LogP) is 1.70. The number of hydrogen-bond acceptors (Lipinski definition) is 5. The van der Waals surface area contributed by atoms with Gasteiger partial charge < -0.3 is 4.90 Å². The molecular weight excluding hydrogens is 356 g/mol. The second-order valence-corrected chi connectivity index (χ2v) is 6.65. The lowest BCUT2D eigenvalue weighted by Crippen LogP contribution is -2.37. The number of nitrogens with one attached hydrogen (secondary N) is 1. The van der Waals surface area contributed by atoms with E-state index in [1.807, 2.05) is 35.0 Å². The number of nitrogens with zero attached hydrogens (tertiary/aromatic N) is 5. The average Bonchev–Trinajstić information content (AvgIpc) is 3.18. The molecule has 0 fully saturated rings.